The second-order valence-corrected chi connectivity index (χ2v) is 9.97. The Morgan fingerprint density at radius 1 is 1.06 bits per heavy atom. The van der Waals surface area contributed by atoms with Gasteiger partial charge in [0.2, 0.25) is 0 Å². The minimum atomic E-state index is -0.502. The number of nitrogens with zero attached hydrogens (tertiary/aromatic N) is 3. The molecule has 2 aliphatic heterocycles. The van der Waals surface area contributed by atoms with Crippen LogP contribution in [0.2, 0.25) is 0 Å². The van der Waals surface area contributed by atoms with E-state index in [1.54, 1.807) is 12.1 Å². The average Bonchev–Trinajstić information content (AvgIpc) is 3.28. The molecule has 0 amide bonds. The molecule has 5 nitrogen and oxygen atoms in total. The molecule has 31 heavy (non-hydrogen) atoms. The first kappa shape index (κ1) is 20.8. The molecule has 1 saturated carbocycles. The summed E-state index contributed by atoms with van der Waals surface area (Å²) in [6.07, 6.45) is 4.52. The molecule has 0 bridgehead atoms. The van der Waals surface area contributed by atoms with Gasteiger partial charge in [-0.1, -0.05) is 0 Å². The Balaban J connectivity index is 1.17. The molecule has 1 unspecified atom stereocenters. The van der Waals surface area contributed by atoms with Gasteiger partial charge in [-0.05, 0) is 81.7 Å². The number of rotatable bonds is 4. The van der Waals surface area contributed by atoms with Crippen molar-refractivity contribution in [1.82, 2.24) is 15.1 Å². The summed E-state index contributed by atoms with van der Waals surface area (Å²) < 4.78 is 33.3. The molecule has 0 spiro atoms. The largest absolute Gasteiger partial charge is 0.375 e. The third kappa shape index (κ3) is 4.44. The van der Waals surface area contributed by atoms with Gasteiger partial charge in [0.1, 0.15) is 17.5 Å². The summed E-state index contributed by atoms with van der Waals surface area (Å²) in [6, 6.07) is 7.88. The van der Waals surface area contributed by atoms with Crippen LogP contribution in [0, 0.1) is 23.5 Å². The first-order valence-corrected chi connectivity index (χ1v) is 11.3. The van der Waals surface area contributed by atoms with Gasteiger partial charge in [-0.25, -0.2) is 8.78 Å². The molecule has 3 heterocycles. The highest BCUT2D eigenvalue weighted by atomic mass is 19.1. The number of nitrogens with one attached hydrogen (secondary N) is 1. The van der Waals surface area contributed by atoms with E-state index in [1.165, 1.54) is 13.1 Å². The van der Waals surface area contributed by atoms with E-state index >= 15 is 0 Å². The van der Waals surface area contributed by atoms with Crippen LogP contribution >= 0.6 is 0 Å². The molecule has 166 valence electrons. The summed E-state index contributed by atoms with van der Waals surface area (Å²) >= 11 is 0. The van der Waals surface area contributed by atoms with Crippen LogP contribution in [-0.4, -0.2) is 52.5 Å². The van der Waals surface area contributed by atoms with Crippen molar-refractivity contribution in [3.63, 3.8) is 0 Å². The summed E-state index contributed by atoms with van der Waals surface area (Å²) in [7, 11) is 0. The molecule has 1 aliphatic carbocycles. The molecule has 7 heteroatoms. The van der Waals surface area contributed by atoms with Crippen LogP contribution in [0.5, 0.6) is 0 Å². The van der Waals surface area contributed by atoms with E-state index in [-0.39, 0.29) is 11.2 Å². The normalized spacial score (nSPS) is 30.3. The number of likely N-dealkylation sites (tertiary alicyclic amines) is 1. The molecule has 2 aromatic rings. The summed E-state index contributed by atoms with van der Waals surface area (Å²) in [6.45, 7) is 7.61. The zero-order chi connectivity index (χ0) is 21.6. The lowest BCUT2D eigenvalue weighted by Gasteiger charge is -2.40. The maximum atomic E-state index is 14.0. The number of ether oxygens (including phenoxy) is 1. The van der Waals surface area contributed by atoms with E-state index in [2.05, 4.69) is 34.3 Å². The summed E-state index contributed by atoms with van der Waals surface area (Å²) in [5.41, 5.74) is 0.455. The number of halogens is 2. The van der Waals surface area contributed by atoms with E-state index in [1.807, 2.05) is 0 Å². The van der Waals surface area contributed by atoms with Gasteiger partial charge in [-0.3, -0.25) is 4.90 Å². The van der Waals surface area contributed by atoms with Gasteiger partial charge in [0, 0.05) is 37.3 Å². The second kappa shape index (κ2) is 8.10. The Labute approximate surface area is 182 Å². The fraction of sp³-hybridized carbons (Fsp3) is 0.583. The smallest absolute Gasteiger partial charge is 0.148 e. The number of benzene rings is 1. The first-order valence-electron chi connectivity index (χ1n) is 11.3. The van der Waals surface area contributed by atoms with Gasteiger partial charge in [0.25, 0.3) is 0 Å². The van der Waals surface area contributed by atoms with E-state index in [4.69, 9.17) is 4.74 Å². The number of aromatic nitrogens is 2. The minimum Gasteiger partial charge on any atom is -0.375 e. The van der Waals surface area contributed by atoms with Crippen molar-refractivity contribution in [2.24, 2.45) is 11.8 Å². The third-order valence-electron chi connectivity index (χ3n) is 7.19. The third-order valence-corrected chi connectivity index (χ3v) is 7.19. The fourth-order valence-electron chi connectivity index (χ4n) is 5.72. The van der Waals surface area contributed by atoms with Gasteiger partial charge in [-0.15, -0.1) is 10.2 Å². The molecular formula is C24H30F2N4O. The predicted molar refractivity (Wildman–Crippen MR) is 116 cm³/mol. The van der Waals surface area contributed by atoms with E-state index in [0.717, 1.165) is 62.3 Å². The predicted octanol–water partition coefficient (Wildman–Crippen LogP) is 4.50. The summed E-state index contributed by atoms with van der Waals surface area (Å²) in [5.74, 6) is 1.14. The zero-order valence-corrected chi connectivity index (χ0v) is 18.2. The Morgan fingerprint density at radius 2 is 1.84 bits per heavy atom. The van der Waals surface area contributed by atoms with Crippen molar-refractivity contribution in [3.8, 4) is 11.3 Å². The molecule has 4 atom stereocenters. The highest BCUT2D eigenvalue weighted by molar-refractivity contribution is 5.60. The van der Waals surface area contributed by atoms with Gasteiger partial charge >= 0.3 is 0 Å². The standard InChI is InChI=1S/C24H30F2N4O/c1-24(2)12-19(7-8-31-24)30-13-15-9-18(10-16(15)14-30)27-23-6-5-22(28-29-23)20-11-17(25)3-4-21(20)26/h3-6,11,15-16,18-19H,7-10,12-14H2,1-2H3,(H,27,29)/t15-,16+,18+,19?. The first-order chi connectivity index (χ1) is 14.9. The Hall–Kier alpha value is -2.12. The Bertz CT molecular complexity index is 922. The van der Waals surface area contributed by atoms with Crippen molar-refractivity contribution in [2.45, 2.75) is 57.2 Å². The number of fused-ring (bicyclic) bond motifs is 1. The van der Waals surface area contributed by atoms with E-state index in [9.17, 15) is 8.78 Å². The maximum Gasteiger partial charge on any atom is 0.148 e. The lowest BCUT2D eigenvalue weighted by atomic mass is 9.93. The van der Waals surface area contributed by atoms with Gasteiger partial charge in [0.05, 0.1) is 11.3 Å². The summed E-state index contributed by atoms with van der Waals surface area (Å²) in [5, 5.41) is 11.8. The van der Waals surface area contributed by atoms with Crippen LogP contribution in [0.15, 0.2) is 30.3 Å². The fourth-order valence-corrected chi connectivity index (χ4v) is 5.72. The van der Waals surface area contributed by atoms with Crippen molar-refractivity contribution in [3.05, 3.63) is 42.0 Å². The monoisotopic (exact) mass is 428 g/mol. The molecule has 3 aliphatic rings. The molecule has 5 rings (SSSR count). The topological polar surface area (TPSA) is 50.3 Å². The van der Waals surface area contributed by atoms with Crippen LogP contribution in [0.4, 0.5) is 14.6 Å². The molecule has 3 fully saturated rings. The van der Waals surface area contributed by atoms with Crippen molar-refractivity contribution in [2.75, 3.05) is 25.0 Å². The molecule has 2 saturated heterocycles. The Kier molecular flexibility index (Phi) is 5.42. The maximum absolute atomic E-state index is 14.0. The molecule has 1 N–H and O–H groups in total. The highest BCUT2D eigenvalue weighted by Crippen LogP contribution is 2.41. The van der Waals surface area contributed by atoms with Crippen LogP contribution in [0.1, 0.15) is 39.5 Å². The van der Waals surface area contributed by atoms with Crippen molar-refractivity contribution in [1.29, 1.82) is 0 Å². The molecule has 1 aromatic heterocycles. The lowest BCUT2D eigenvalue weighted by molar-refractivity contribution is -0.0811. The second-order valence-electron chi connectivity index (χ2n) is 9.97. The SMILES string of the molecule is CC1(C)CC(N2C[C@H]3C[C@H](Nc4ccc(-c5cc(F)ccc5F)nn4)C[C@H]3C2)CCO1. The van der Waals surface area contributed by atoms with Gasteiger partial charge in [0.15, 0.2) is 0 Å². The zero-order valence-electron chi connectivity index (χ0n) is 18.2. The van der Waals surface area contributed by atoms with Crippen LogP contribution in [-0.2, 0) is 4.74 Å². The quantitative estimate of drug-likeness (QED) is 0.777. The van der Waals surface area contributed by atoms with Crippen molar-refractivity contribution >= 4 is 5.82 Å². The van der Waals surface area contributed by atoms with Crippen LogP contribution < -0.4 is 5.32 Å². The number of hydrogen-bond donors (Lipinski definition) is 1. The highest BCUT2D eigenvalue weighted by Gasteiger charge is 2.44. The molecule has 0 radical (unpaired) electrons. The van der Waals surface area contributed by atoms with E-state index < -0.39 is 11.6 Å². The van der Waals surface area contributed by atoms with Crippen LogP contribution in [0.3, 0.4) is 0 Å². The molecule has 1 aromatic carbocycles. The Morgan fingerprint density at radius 3 is 2.52 bits per heavy atom. The lowest BCUT2D eigenvalue weighted by Crippen LogP contribution is -2.45. The van der Waals surface area contributed by atoms with Crippen LogP contribution in [0.25, 0.3) is 11.3 Å². The molecular weight excluding hydrogens is 398 g/mol. The number of anilines is 1. The van der Waals surface area contributed by atoms with E-state index in [0.29, 0.717) is 23.6 Å². The average molecular weight is 429 g/mol. The summed E-state index contributed by atoms with van der Waals surface area (Å²) in [4.78, 5) is 2.69. The number of hydrogen-bond acceptors (Lipinski definition) is 5. The van der Waals surface area contributed by atoms with Crippen molar-refractivity contribution < 1.29 is 13.5 Å². The van der Waals surface area contributed by atoms with Gasteiger partial charge in [-0.2, -0.15) is 0 Å². The van der Waals surface area contributed by atoms with Gasteiger partial charge < -0.3 is 10.1 Å². The minimum absolute atomic E-state index is 0.00995.